The number of aliphatic carboxylic acids is 2. The molecule has 0 aliphatic heterocycles. The topological polar surface area (TPSA) is 138 Å². The Bertz CT molecular complexity index is 414. The molecule has 0 aliphatic carbocycles. The molecule has 8 nitrogen and oxygen atoms in total. The minimum atomic E-state index is -1.31. The van der Waals surface area contributed by atoms with Crippen LogP contribution in [0.15, 0.2) is 24.3 Å². The summed E-state index contributed by atoms with van der Waals surface area (Å²) in [4.78, 5) is 28.5. The van der Waals surface area contributed by atoms with E-state index in [1.54, 1.807) is 0 Å². The number of carboxylic acid groups (broad SMARTS) is 2. The van der Waals surface area contributed by atoms with E-state index in [1.807, 2.05) is 0 Å². The van der Waals surface area contributed by atoms with Crippen LogP contribution in [0.1, 0.15) is 12.0 Å². The average molecular weight is 257 g/mol. The van der Waals surface area contributed by atoms with E-state index < -0.39 is 23.3 Å². The number of non-ortho nitro benzene ring substituents is 1. The minimum Gasteiger partial charge on any atom is -0.481 e. The van der Waals surface area contributed by atoms with E-state index in [9.17, 15) is 19.7 Å². The van der Waals surface area contributed by atoms with Gasteiger partial charge in [0.25, 0.3) is 5.69 Å². The molecule has 0 spiro atoms. The van der Waals surface area contributed by atoms with Crippen molar-refractivity contribution in [3.8, 4) is 0 Å². The summed E-state index contributed by atoms with van der Waals surface area (Å²) in [5, 5.41) is 34.1. The molecule has 98 valence electrons. The standard InChI is InChI=1S/C7H7NO3.C3H4O4/c9-5-6-1-3-7(4-2-6)8(10)11;4-2(5)1-3(6)7/h1-4,9H,5H2;1H2,(H,4,5)(H,6,7). The zero-order chi connectivity index (χ0) is 14.1. The summed E-state index contributed by atoms with van der Waals surface area (Å²) >= 11 is 0. The molecule has 1 rings (SSSR count). The van der Waals surface area contributed by atoms with Crippen LogP contribution in [0.3, 0.4) is 0 Å². The third-order valence-electron chi connectivity index (χ3n) is 1.63. The number of hydrogen-bond acceptors (Lipinski definition) is 5. The molecular formula is C10H11NO7. The molecule has 0 fully saturated rings. The first-order chi connectivity index (χ1) is 8.36. The van der Waals surface area contributed by atoms with E-state index >= 15 is 0 Å². The van der Waals surface area contributed by atoms with Crippen LogP contribution in [-0.4, -0.2) is 32.2 Å². The lowest BCUT2D eigenvalue weighted by molar-refractivity contribution is -0.384. The molecule has 0 aliphatic rings. The summed E-state index contributed by atoms with van der Waals surface area (Å²) < 4.78 is 0. The van der Waals surface area contributed by atoms with E-state index in [2.05, 4.69) is 0 Å². The Kier molecular flexibility index (Phi) is 6.67. The fourth-order valence-electron chi connectivity index (χ4n) is 0.852. The molecule has 18 heavy (non-hydrogen) atoms. The summed E-state index contributed by atoms with van der Waals surface area (Å²) in [5.74, 6) is -2.62. The molecule has 0 aromatic heterocycles. The summed E-state index contributed by atoms with van der Waals surface area (Å²) in [6, 6.07) is 5.79. The SMILES string of the molecule is O=C(O)CC(=O)O.O=[N+]([O-])c1ccc(CO)cc1. The lowest BCUT2D eigenvalue weighted by atomic mass is 10.2. The predicted octanol–water partition coefficient (Wildman–Crippen LogP) is 0.633. The molecule has 0 radical (unpaired) electrons. The molecule has 0 atom stereocenters. The van der Waals surface area contributed by atoms with Crippen molar-refractivity contribution in [1.82, 2.24) is 0 Å². The van der Waals surface area contributed by atoms with Gasteiger partial charge in [-0.2, -0.15) is 0 Å². The fourth-order valence-corrected chi connectivity index (χ4v) is 0.852. The predicted molar refractivity (Wildman–Crippen MR) is 58.9 cm³/mol. The van der Waals surface area contributed by atoms with Crippen molar-refractivity contribution in [1.29, 1.82) is 0 Å². The van der Waals surface area contributed by atoms with Crippen molar-refractivity contribution in [3.63, 3.8) is 0 Å². The number of rotatable bonds is 4. The van der Waals surface area contributed by atoms with Crippen LogP contribution in [0.5, 0.6) is 0 Å². The number of nitro benzene ring substituents is 1. The molecule has 0 unspecified atom stereocenters. The van der Waals surface area contributed by atoms with Gasteiger partial charge >= 0.3 is 11.9 Å². The lowest BCUT2D eigenvalue weighted by Gasteiger charge is -1.93. The van der Waals surface area contributed by atoms with Gasteiger partial charge < -0.3 is 15.3 Å². The maximum absolute atomic E-state index is 10.1. The normalized spacial score (nSPS) is 8.94. The van der Waals surface area contributed by atoms with Gasteiger partial charge in [0.15, 0.2) is 0 Å². The van der Waals surface area contributed by atoms with E-state index in [0.29, 0.717) is 5.56 Å². The molecule has 8 heteroatoms. The van der Waals surface area contributed by atoms with Gasteiger partial charge in [-0.1, -0.05) is 0 Å². The number of nitrogens with zero attached hydrogens (tertiary/aromatic N) is 1. The van der Waals surface area contributed by atoms with Crippen molar-refractivity contribution < 1.29 is 29.8 Å². The van der Waals surface area contributed by atoms with Crippen LogP contribution in [0.2, 0.25) is 0 Å². The van der Waals surface area contributed by atoms with Gasteiger partial charge in [-0.15, -0.1) is 0 Å². The van der Waals surface area contributed by atoms with Crippen LogP contribution < -0.4 is 0 Å². The number of benzene rings is 1. The van der Waals surface area contributed by atoms with Gasteiger partial charge in [0.2, 0.25) is 0 Å². The Morgan fingerprint density at radius 3 is 1.78 bits per heavy atom. The van der Waals surface area contributed by atoms with Gasteiger partial charge in [0.1, 0.15) is 6.42 Å². The molecule has 1 aromatic carbocycles. The lowest BCUT2D eigenvalue weighted by Crippen LogP contribution is -2.03. The first-order valence-electron chi connectivity index (χ1n) is 4.64. The zero-order valence-electron chi connectivity index (χ0n) is 9.15. The third kappa shape index (κ3) is 6.90. The molecule has 0 heterocycles. The summed E-state index contributed by atoms with van der Waals surface area (Å²) in [5.41, 5.74) is 0.720. The van der Waals surface area contributed by atoms with E-state index in [4.69, 9.17) is 15.3 Å². The average Bonchev–Trinajstić information content (AvgIpc) is 2.28. The Morgan fingerprint density at radius 1 is 1.11 bits per heavy atom. The van der Waals surface area contributed by atoms with Crippen LogP contribution >= 0.6 is 0 Å². The Hall–Kier alpha value is -2.48. The van der Waals surface area contributed by atoms with Gasteiger partial charge in [-0.05, 0) is 17.7 Å². The van der Waals surface area contributed by atoms with Crippen molar-refractivity contribution in [3.05, 3.63) is 39.9 Å². The number of aliphatic hydroxyl groups is 1. The highest BCUT2D eigenvalue weighted by Gasteiger charge is 2.02. The number of nitro groups is 1. The summed E-state index contributed by atoms with van der Waals surface area (Å²) in [6.45, 7) is -0.0853. The van der Waals surface area contributed by atoms with Crippen molar-refractivity contribution in [2.45, 2.75) is 13.0 Å². The van der Waals surface area contributed by atoms with Crippen molar-refractivity contribution in [2.75, 3.05) is 0 Å². The van der Waals surface area contributed by atoms with E-state index in [1.165, 1.54) is 24.3 Å². The van der Waals surface area contributed by atoms with Crippen LogP contribution in [0.25, 0.3) is 0 Å². The highest BCUT2D eigenvalue weighted by Crippen LogP contribution is 2.11. The first kappa shape index (κ1) is 15.5. The summed E-state index contributed by atoms with van der Waals surface area (Å²) in [7, 11) is 0. The Morgan fingerprint density at radius 2 is 1.56 bits per heavy atom. The second-order valence-electron chi connectivity index (χ2n) is 3.05. The molecule has 3 N–H and O–H groups in total. The molecule has 0 saturated carbocycles. The molecule has 0 bridgehead atoms. The monoisotopic (exact) mass is 257 g/mol. The van der Waals surface area contributed by atoms with Crippen molar-refractivity contribution >= 4 is 17.6 Å². The second-order valence-corrected chi connectivity index (χ2v) is 3.05. The quantitative estimate of drug-likeness (QED) is 0.408. The van der Waals surface area contributed by atoms with Crippen LogP contribution in [0.4, 0.5) is 5.69 Å². The Balaban J connectivity index is 0.000000360. The highest BCUT2D eigenvalue weighted by atomic mass is 16.6. The van der Waals surface area contributed by atoms with Crippen LogP contribution in [0, 0.1) is 10.1 Å². The maximum atomic E-state index is 10.1. The summed E-state index contributed by atoms with van der Waals surface area (Å²) in [6.07, 6.45) is -0.806. The molecule has 1 aromatic rings. The maximum Gasteiger partial charge on any atom is 0.314 e. The minimum absolute atomic E-state index is 0.0437. The number of carboxylic acids is 2. The van der Waals surface area contributed by atoms with Crippen LogP contribution in [-0.2, 0) is 16.2 Å². The van der Waals surface area contributed by atoms with E-state index in [-0.39, 0.29) is 12.3 Å². The molecule has 0 amide bonds. The van der Waals surface area contributed by atoms with Gasteiger partial charge in [0.05, 0.1) is 11.5 Å². The number of hydrogen-bond donors (Lipinski definition) is 3. The number of carbonyl (C=O) groups is 2. The number of aliphatic hydroxyl groups excluding tert-OH is 1. The third-order valence-corrected chi connectivity index (χ3v) is 1.63. The van der Waals surface area contributed by atoms with Crippen molar-refractivity contribution in [2.24, 2.45) is 0 Å². The zero-order valence-corrected chi connectivity index (χ0v) is 9.15. The first-order valence-corrected chi connectivity index (χ1v) is 4.64. The van der Waals surface area contributed by atoms with Gasteiger partial charge in [-0.3, -0.25) is 19.7 Å². The highest BCUT2D eigenvalue weighted by molar-refractivity contribution is 5.88. The van der Waals surface area contributed by atoms with Gasteiger partial charge in [-0.25, -0.2) is 0 Å². The molecule has 0 saturated heterocycles. The Labute approximate surface area is 101 Å². The largest absolute Gasteiger partial charge is 0.481 e. The smallest absolute Gasteiger partial charge is 0.314 e. The second kappa shape index (κ2) is 7.74. The van der Waals surface area contributed by atoms with Gasteiger partial charge in [0, 0.05) is 12.1 Å². The molecular weight excluding hydrogens is 246 g/mol. The fraction of sp³-hybridized carbons (Fsp3) is 0.200. The van der Waals surface area contributed by atoms with E-state index in [0.717, 1.165) is 0 Å².